The van der Waals surface area contributed by atoms with Gasteiger partial charge in [-0.15, -0.1) is 0 Å². The van der Waals surface area contributed by atoms with E-state index in [1.54, 1.807) is 44.6 Å². The molecule has 3 aromatic rings. The number of methoxy groups -OCH3 is 2. The zero-order valence-corrected chi connectivity index (χ0v) is 15.9. The molecule has 27 heavy (non-hydrogen) atoms. The molecule has 1 amide bonds. The van der Waals surface area contributed by atoms with Crippen LogP contribution in [0.15, 0.2) is 36.4 Å². The standard InChI is InChI=1S/C21H19ClN2O3/c1-26-18-9-7-13(11-19(18)27-2)23-21(25)12-6-8-15-17(10-12)24-16-5-3-4-14(16)20(15)22/h6-11H,3-5H2,1-2H3,(H,23,25). The molecule has 6 heteroatoms. The van der Waals surface area contributed by atoms with E-state index in [9.17, 15) is 4.79 Å². The van der Waals surface area contributed by atoms with E-state index in [1.165, 1.54) is 0 Å². The highest BCUT2D eigenvalue weighted by Crippen LogP contribution is 2.34. The highest BCUT2D eigenvalue weighted by atomic mass is 35.5. The third-order valence-corrected chi connectivity index (χ3v) is 5.28. The summed E-state index contributed by atoms with van der Waals surface area (Å²) in [7, 11) is 3.13. The topological polar surface area (TPSA) is 60.5 Å². The lowest BCUT2D eigenvalue weighted by atomic mass is 10.1. The summed E-state index contributed by atoms with van der Waals surface area (Å²) in [6.07, 6.45) is 2.98. The van der Waals surface area contributed by atoms with Gasteiger partial charge in [0.2, 0.25) is 0 Å². The van der Waals surface area contributed by atoms with Crippen molar-refractivity contribution in [2.24, 2.45) is 0 Å². The largest absolute Gasteiger partial charge is 0.493 e. The number of carbonyl (C=O) groups excluding carboxylic acids is 1. The fourth-order valence-corrected chi connectivity index (χ4v) is 3.83. The summed E-state index contributed by atoms with van der Waals surface area (Å²) < 4.78 is 10.5. The molecule has 0 saturated carbocycles. The molecule has 0 bridgehead atoms. The quantitative estimate of drug-likeness (QED) is 0.713. The summed E-state index contributed by atoms with van der Waals surface area (Å²) in [6, 6.07) is 10.7. The number of aromatic nitrogens is 1. The Balaban J connectivity index is 1.64. The van der Waals surface area contributed by atoms with Crippen molar-refractivity contribution >= 4 is 34.1 Å². The Hall–Kier alpha value is -2.79. The van der Waals surface area contributed by atoms with Crippen molar-refractivity contribution in [3.8, 4) is 11.5 Å². The smallest absolute Gasteiger partial charge is 0.255 e. The summed E-state index contributed by atoms with van der Waals surface area (Å²) in [5, 5.41) is 4.53. The molecule has 5 nitrogen and oxygen atoms in total. The zero-order valence-electron chi connectivity index (χ0n) is 15.1. The van der Waals surface area contributed by atoms with Crippen molar-refractivity contribution in [2.75, 3.05) is 19.5 Å². The van der Waals surface area contributed by atoms with Gasteiger partial charge >= 0.3 is 0 Å². The van der Waals surface area contributed by atoms with Crippen LogP contribution in [-0.2, 0) is 12.8 Å². The predicted octanol–water partition coefficient (Wildman–Crippen LogP) is 4.65. The molecule has 1 aromatic heterocycles. The first-order chi connectivity index (χ1) is 13.1. The van der Waals surface area contributed by atoms with Crippen LogP contribution in [0, 0.1) is 0 Å². The van der Waals surface area contributed by atoms with Crippen LogP contribution in [0.25, 0.3) is 10.9 Å². The van der Waals surface area contributed by atoms with Crippen LogP contribution in [0.1, 0.15) is 28.0 Å². The fraction of sp³-hybridized carbons (Fsp3) is 0.238. The van der Waals surface area contributed by atoms with Crippen LogP contribution in [0.3, 0.4) is 0 Å². The van der Waals surface area contributed by atoms with Crippen LogP contribution >= 0.6 is 11.6 Å². The number of fused-ring (bicyclic) bond motifs is 2. The summed E-state index contributed by atoms with van der Waals surface area (Å²) in [5.74, 6) is 0.939. The first-order valence-electron chi connectivity index (χ1n) is 8.75. The number of nitrogens with one attached hydrogen (secondary N) is 1. The Kier molecular flexibility index (Phi) is 4.62. The minimum atomic E-state index is -0.220. The molecule has 0 spiro atoms. The molecule has 0 saturated heterocycles. The fourth-order valence-electron chi connectivity index (χ4n) is 3.46. The number of carbonyl (C=O) groups is 1. The van der Waals surface area contributed by atoms with E-state index in [2.05, 4.69) is 5.32 Å². The summed E-state index contributed by atoms with van der Waals surface area (Å²) in [4.78, 5) is 17.4. The number of benzene rings is 2. The molecule has 0 fully saturated rings. The van der Waals surface area contributed by atoms with Crippen molar-refractivity contribution in [1.29, 1.82) is 0 Å². The molecule has 0 atom stereocenters. The van der Waals surface area contributed by atoms with Crippen LogP contribution in [0.5, 0.6) is 11.5 Å². The Morgan fingerprint density at radius 3 is 2.67 bits per heavy atom. The molecule has 0 aliphatic heterocycles. The van der Waals surface area contributed by atoms with Gasteiger partial charge in [-0.2, -0.15) is 0 Å². The van der Waals surface area contributed by atoms with Gasteiger partial charge in [-0.25, -0.2) is 0 Å². The molecule has 1 N–H and O–H groups in total. The molecule has 138 valence electrons. The first kappa shape index (κ1) is 17.6. The Labute approximate surface area is 162 Å². The number of hydrogen-bond donors (Lipinski definition) is 1. The molecule has 2 aromatic carbocycles. The Bertz CT molecular complexity index is 1050. The molecular weight excluding hydrogens is 364 g/mol. The van der Waals surface area contributed by atoms with Crippen LogP contribution < -0.4 is 14.8 Å². The summed E-state index contributed by atoms with van der Waals surface area (Å²) >= 11 is 6.54. The first-order valence-corrected chi connectivity index (χ1v) is 9.13. The zero-order chi connectivity index (χ0) is 19.0. The lowest BCUT2D eigenvalue weighted by molar-refractivity contribution is 0.102. The van der Waals surface area contributed by atoms with Crippen molar-refractivity contribution in [2.45, 2.75) is 19.3 Å². The number of ether oxygens (including phenoxy) is 2. The van der Waals surface area contributed by atoms with Gasteiger partial charge in [0.15, 0.2) is 11.5 Å². The van der Waals surface area contributed by atoms with Crippen LogP contribution in [-0.4, -0.2) is 25.1 Å². The molecule has 1 heterocycles. The molecule has 1 aliphatic rings. The average molecular weight is 383 g/mol. The summed E-state index contributed by atoms with van der Waals surface area (Å²) in [5.41, 5.74) is 4.09. The number of aryl methyl sites for hydroxylation is 1. The van der Waals surface area contributed by atoms with E-state index in [0.29, 0.717) is 22.7 Å². The third-order valence-electron chi connectivity index (χ3n) is 4.85. The molecule has 4 rings (SSSR count). The Morgan fingerprint density at radius 2 is 1.89 bits per heavy atom. The number of hydrogen-bond acceptors (Lipinski definition) is 4. The lowest BCUT2D eigenvalue weighted by Gasteiger charge is -2.11. The predicted molar refractivity (Wildman–Crippen MR) is 106 cm³/mol. The van der Waals surface area contributed by atoms with E-state index >= 15 is 0 Å². The molecule has 0 radical (unpaired) electrons. The van der Waals surface area contributed by atoms with Gasteiger partial charge in [-0.05, 0) is 49.1 Å². The number of anilines is 1. The Morgan fingerprint density at radius 1 is 1.07 bits per heavy atom. The van der Waals surface area contributed by atoms with E-state index in [-0.39, 0.29) is 5.91 Å². The SMILES string of the molecule is COc1ccc(NC(=O)c2ccc3c(Cl)c4c(nc3c2)CCC4)cc1OC. The number of nitrogens with zero attached hydrogens (tertiary/aromatic N) is 1. The van der Waals surface area contributed by atoms with E-state index in [0.717, 1.165) is 46.4 Å². The normalized spacial score (nSPS) is 12.7. The highest BCUT2D eigenvalue weighted by molar-refractivity contribution is 6.36. The minimum absolute atomic E-state index is 0.220. The van der Waals surface area contributed by atoms with Gasteiger partial charge in [0.05, 0.1) is 24.8 Å². The summed E-state index contributed by atoms with van der Waals surface area (Å²) in [6.45, 7) is 0. The number of pyridine rings is 1. The van der Waals surface area contributed by atoms with E-state index in [4.69, 9.17) is 26.1 Å². The van der Waals surface area contributed by atoms with Gasteiger partial charge in [-0.1, -0.05) is 17.7 Å². The minimum Gasteiger partial charge on any atom is -0.493 e. The van der Waals surface area contributed by atoms with Crippen LogP contribution in [0.2, 0.25) is 5.02 Å². The second-order valence-corrected chi connectivity index (χ2v) is 6.84. The average Bonchev–Trinajstić information content (AvgIpc) is 3.16. The number of halogens is 1. The highest BCUT2D eigenvalue weighted by Gasteiger charge is 2.19. The van der Waals surface area contributed by atoms with Gasteiger partial charge in [-0.3, -0.25) is 9.78 Å². The maximum Gasteiger partial charge on any atom is 0.255 e. The van der Waals surface area contributed by atoms with Crippen molar-refractivity contribution in [3.05, 3.63) is 58.2 Å². The van der Waals surface area contributed by atoms with Crippen molar-refractivity contribution in [3.63, 3.8) is 0 Å². The monoisotopic (exact) mass is 382 g/mol. The van der Waals surface area contributed by atoms with Gasteiger partial charge in [0.25, 0.3) is 5.91 Å². The molecule has 0 unspecified atom stereocenters. The number of rotatable bonds is 4. The van der Waals surface area contributed by atoms with Gasteiger partial charge in [0.1, 0.15) is 0 Å². The van der Waals surface area contributed by atoms with E-state index in [1.807, 2.05) is 6.07 Å². The molecule has 1 aliphatic carbocycles. The lowest BCUT2D eigenvalue weighted by Crippen LogP contribution is -2.12. The van der Waals surface area contributed by atoms with Gasteiger partial charge in [0, 0.05) is 28.4 Å². The maximum atomic E-state index is 12.7. The van der Waals surface area contributed by atoms with E-state index < -0.39 is 0 Å². The van der Waals surface area contributed by atoms with Crippen molar-refractivity contribution < 1.29 is 14.3 Å². The number of amides is 1. The van der Waals surface area contributed by atoms with Crippen molar-refractivity contribution in [1.82, 2.24) is 4.98 Å². The second kappa shape index (κ2) is 7.08. The third kappa shape index (κ3) is 3.19. The second-order valence-electron chi connectivity index (χ2n) is 6.46. The molecular formula is C21H19ClN2O3. The van der Waals surface area contributed by atoms with Crippen LogP contribution in [0.4, 0.5) is 5.69 Å². The van der Waals surface area contributed by atoms with Gasteiger partial charge < -0.3 is 14.8 Å². The maximum absolute atomic E-state index is 12.7.